The Labute approximate surface area is 120 Å². The van der Waals surface area contributed by atoms with Crippen LogP contribution >= 0.6 is 11.3 Å². The van der Waals surface area contributed by atoms with E-state index in [0.717, 1.165) is 0 Å². The van der Waals surface area contributed by atoms with Gasteiger partial charge in [-0.25, -0.2) is 22.5 Å². The molecule has 0 bridgehead atoms. The van der Waals surface area contributed by atoms with Crippen molar-refractivity contribution in [2.24, 2.45) is 5.73 Å². The molecule has 0 radical (unpaired) electrons. The fraction of sp³-hybridized carbons (Fsp3) is 0.250. The van der Waals surface area contributed by atoms with Crippen LogP contribution in [0, 0.1) is 12.7 Å². The molecule has 20 heavy (non-hydrogen) atoms. The molecule has 0 unspecified atom stereocenters. The van der Waals surface area contributed by atoms with E-state index in [1.165, 1.54) is 30.4 Å². The number of sulfonamides is 1. The van der Waals surface area contributed by atoms with Gasteiger partial charge in [-0.1, -0.05) is 0 Å². The zero-order valence-electron chi connectivity index (χ0n) is 10.8. The van der Waals surface area contributed by atoms with Crippen molar-refractivity contribution in [3.05, 3.63) is 45.7 Å². The summed E-state index contributed by atoms with van der Waals surface area (Å²) in [7, 11) is -3.80. The van der Waals surface area contributed by atoms with Gasteiger partial charge in [-0.2, -0.15) is 0 Å². The standard InChI is InChI=1S/C12H14FN3O2S2/c1-8-10(13)4-9(6-14)5-11(8)20(17,18)16-7-12-15-2-3-19-12/h2-5,16H,6-7,14H2,1H3. The number of hydrogen-bond donors (Lipinski definition) is 2. The van der Waals surface area contributed by atoms with E-state index in [-0.39, 0.29) is 23.5 Å². The van der Waals surface area contributed by atoms with Crippen LogP contribution in [0.2, 0.25) is 0 Å². The summed E-state index contributed by atoms with van der Waals surface area (Å²) in [5.74, 6) is -0.581. The lowest BCUT2D eigenvalue weighted by molar-refractivity contribution is 0.573. The zero-order chi connectivity index (χ0) is 14.8. The minimum atomic E-state index is -3.80. The Morgan fingerprint density at radius 1 is 1.45 bits per heavy atom. The molecule has 0 amide bonds. The number of benzene rings is 1. The van der Waals surface area contributed by atoms with Crippen molar-refractivity contribution in [2.75, 3.05) is 0 Å². The maximum Gasteiger partial charge on any atom is 0.241 e. The number of thiazole rings is 1. The fourth-order valence-electron chi connectivity index (χ4n) is 1.68. The number of nitrogens with one attached hydrogen (secondary N) is 1. The van der Waals surface area contributed by atoms with Gasteiger partial charge in [0, 0.05) is 23.7 Å². The Bertz CT molecular complexity index is 700. The second kappa shape index (κ2) is 5.96. The van der Waals surface area contributed by atoms with Gasteiger partial charge >= 0.3 is 0 Å². The van der Waals surface area contributed by atoms with Gasteiger partial charge in [-0.15, -0.1) is 11.3 Å². The molecule has 3 N–H and O–H groups in total. The molecular weight excluding hydrogens is 301 g/mol. The van der Waals surface area contributed by atoms with E-state index in [9.17, 15) is 12.8 Å². The van der Waals surface area contributed by atoms with Crippen LogP contribution in [0.5, 0.6) is 0 Å². The molecule has 1 aromatic carbocycles. The largest absolute Gasteiger partial charge is 0.326 e. The normalized spacial score (nSPS) is 11.8. The van der Waals surface area contributed by atoms with Gasteiger partial charge in [0.1, 0.15) is 10.8 Å². The molecule has 2 aromatic rings. The van der Waals surface area contributed by atoms with Crippen LogP contribution in [0.25, 0.3) is 0 Å². The third-order valence-corrected chi connectivity index (χ3v) is 5.09. The van der Waals surface area contributed by atoms with Crippen LogP contribution in [-0.4, -0.2) is 13.4 Å². The van der Waals surface area contributed by atoms with Gasteiger partial charge < -0.3 is 5.73 Å². The highest BCUT2D eigenvalue weighted by Crippen LogP contribution is 2.20. The van der Waals surface area contributed by atoms with Gasteiger partial charge in [0.15, 0.2) is 0 Å². The SMILES string of the molecule is Cc1c(F)cc(CN)cc1S(=O)(=O)NCc1nccs1. The molecule has 0 aliphatic heterocycles. The molecule has 0 aliphatic carbocycles. The van der Waals surface area contributed by atoms with Crippen molar-refractivity contribution >= 4 is 21.4 Å². The molecule has 108 valence electrons. The van der Waals surface area contributed by atoms with Crippen LogP contribution in [0.4, 0.5) is 4.39 Å². The Morgan fingerprint density at radius 3 is 2.80 bits per heavy atom. The van der Waals surface area contributed by atoms with Crippen LogP contribution in [0.1, 0.15) is 16.1 Å². The first-order valence-corrected chi connectivity index (χ1v) is 8.17. The summed E-state index contributed by atoms with van der Waals surface area (Å²) in [4.78, 5) is 3.90. The van der Waals surface area contributed by atoms with E-state index >= 15 is 0 Å². The van der Waals surface area contributed by atoms with E-state index in [2.05, 4.69) is 9.71 Å². The monoisotopic (exact) mass is 315 g/mol. The van der Waals surface area contributed by atoms with Gasteiger partial charge in [0.25, 0.3) is 0 Å². The Balaban J connectivity index is 2.31. The minimum Gasteiger partial charge on any atom is -0.326 e. The van der Waals surface area contributed by atoms with Crippen molar-refractivity contribution in [1.29, 1.82) is 0 Å². The minimum absolute atomic E-state index is 0.0756. The number of nitrogens with zero attached hydrogens (tertiary/aromatic N) is 1. The molecule has 0 saturated heterocycles. The Kier molecular flexibility index (Phi) is 4.48. The van der Waals surface area contributed by atoms with Crippen molar-refractivity contribution in [1.82, 2.24) is 9.71 Å². The Hall–Kier alpha value is -1.35. The molecule has 5 nitrogen and oxygen atoms in total. The van der Waals surface area contributed by atoms with Crippen molar-refractivity contribution in [3.63, 3.8) is 0 Å². The summed E-state index contributed by atoms with van der Waals surface area (Å²) in [5, 5.41) is 2.39. The van der Waals surface area contributed by atoms with Gasteiger partial charge in [0.2, 0.25) is 10.0 Å². The lowest BCUT2D eigenvalue weighted by Gasteiger charge is -2.11. The molecule has 0 aliphatic rings. The number of hydrogen-bond acceptors (Lipinski definition) is 5. The Morgan fingerprint density at radius 2 is 2.20 bits per heavy atom. The summed E-state index contributed by atoms with van der Waals surface area (Å²) >= 11 is 1.34. The van der Waals surface area contributed by atoms with E-state index in [0.29, 0.717) is 10.6 Å². The number of nitrogens with two attached hydrogens (primary N) is 1. The molecule has 1 aromatic heterocycles. The first-order valence-electron chi connectivity index (χ1n) is 5.81. The number of aromatic nitrogens is 1. The third-order valence-electron chi connectivity index (χ3n) is 2.78. The van der Waals surface area contributed by atoms with E-state index < -0.39 is 15.8 Å². The maximum atomic E-state index is 13.7. The number of rotatable bonds is 5. The summed E-state index contributed by atoms with van der Waals surface area (Å²) in [6, 6.07) is 2.64. The maximum absolute atomic E-state index is 13.7. The zero-order valence-corrected chi connectivity index (χ0v) is 12.4. The summed E-state index contributed by atoms with van der Waals surface area (Å²) < 4.78 is 40.6. The summed E-state index contributed by atoms with van der Waals surface area (Å²) in [6.07, 6.45) is 1.59. The lowest BCUT2D eigenvalue weighted by atomic mass is 10.1. The smallest absolute Gasteiger partial charge is 0.241 e. The number of halogens is 1. The van der Waals surface area contributed by atoms with Crippen molar-refractivity contribution < 1.29 is 12.8 Å². The summed E-state index contributed by atoms with van der Waals surface area (Å²) in [6.45, 7) is 1.58. The highest BCUT2D eigenvalue weighted by molar-refractivity contribution is 7.89. The molecule has 0 spiro atoms. The first-order chi connectivity index (χ1) is 9.44. The first kappa shape index (κ1) is 15.0. The van der Waals surface area contributed by atoms with Crippen LogP contribution in [0.15, 0.2) is 28.6 Å². The highest BCUT2D eigenvalue weighted by Gasteiger charge is 2.20. The fourth-order valence-corrected chi connectivity index (χ4v) is 3.62. The van der Waals surface area contributed by atoms with Crippen molar-refractivity contribution in [2.45, 2.75) is 24.9 Å². The molecule has 1 heterocycles. The molecule has 8 heteroatoms. The lowest BCUT2D eigenvalue weighted by Crippen LogP contribution is -2.24. The van der Waals surface area contributed by atoms with E-state index in [4.69, 9.17) is 5.73 Å². The molecule has 2 rings (SSSR count). The third kappa shape index (κ3) is 3.21. The van der Waals surface area contributed by atoms with Crippen LogP contribution < -0.4 is 10.5 Å². The molecule has 0 atom stereocenters. The topological polar surface area (TPSA) is 85.1 Å². The highest BCUT2D eigenvalue weighted by atomic mass is 32.2. The van der Waals surface area contributed by atoms with Crippen molar-refractivity contribution in [3.8, 4) is 0 Å². The second-order valence-electron chi connectivity index (χ2n) is 4.16. The molecule has 0 saturated carbocycles. The average molecular weight is 315 g/mol. The summed E-state index contributed by atoms with van der Waals surface area (Å²) in [5.41, 5.74) is 5.95. The predicted molar refractivity (Wildman–Crippen MR) is 75.2 cm³/mol. The predicted octanol–water partition coefficient (Wildman–Crippen LogP) is 1.53. The van der Waals surface area contributed by atoms with Crippen LogP contribution in [0.3, 0.4) is 0 Å². The van der Waals surface area contributed by atoms with Crippen LogP contribution in [-0.2, 0) is 23.1 Å². The molecular formula is C12H14FN3O2S2. The van der Waals surface area contributed by atoms with E-state index in [1.807, 2.05) is 0 Å². The average Bonchev–Trinajstić information content (AvgIpc) is 2.92. The van der Waals surface area contributed by atoms with Gasteiger partial charge in [-0.05, 0) is 24.6 Å². The van der Waals surface area contributed by atoms with Gasteiger partial charge in [0.05, 0.1) is 11.4 Å². The molecule has 0 fully saturated rings. The van der Waals surface area contributed by atoms with E-state index in [1.54, 1.807) is 11.6 Å². The quantitative estimate of drug-likeness (QED) is 0.876. The second-order valence-corrected chi connectivity index (χ2v) is 6.87. The van der Waals surface area contributed by atoms with Gasteiger partial charge in [-0.3, -0.25) is 0 Å².